The molecule has 2 aliphatic carbocycles. The number of nitrogens with one attached hydrogen (secondary N) is 3. The number of hydrogen-bond donors (Lipinski definition) is 3. The van der Waals surface area contributed by atoms with E-state index in [9.17, 15) is 4.79 Å². The number of nitrogens with zero attached hydrogens (tertiary/aromatic N) is 1. The molecule has 2 fully saturated rings. The fourth-order valence-corrected chi connectivity index (χ4v) is 3.41. The minimum absolute atomic E-state index is 0. The Hall–Kier alpha value is -0.530. The summed E-state index contributed by atoms with van der Waals surface area (Å²) in [5.41, 5.74) is 0.427. The predicted octanol–water partition coefficient (Wildman–Crippen LogP) is 2.90. The molecule has 0 aromatic carbocycles. The number of guanidine groups is 1. The fourth-order valence-electron chi connectivity index (χ4n) is 3.41. The smallest absolute Gasteiger partial charge is 0.223 e. The van der Waals surface area contributed by atoms with E-state index in [1.54, 1.807) is 0 Å². The van der Waals surface area contributed by atoms with E-state index in [4.69, 9.17) is 4.99 Å². The van der Waals surface area contributed by atoms with Gasteiger partial charge in [0, 0.05) is 32.1 Å². The van der Waals surface area contributed by atoms with Crippen molar-refractivity contribution in [1.29, 1.82) is 0 Å². The summed E-state index contributed by atoms with van der Waals surface area (Å²) in [7, 11) is 0. The number of carbonyl (C=O) groups excluding carboxylic acids is 1. The summed E-state index contributed by atoms with van der Waals surface area (Å²) in [6.45, 7) is 9.84. The molecule has 0 spiro atoms. The van der Waals surface area contributed by atoms with Crippen LogP contribution in [0.2, 0.25) is 0 Å². The van der Waals surface area contributed by atoms with Gasteiger partial charge in [-0.3, -0.25) is 9.79 Å². The van der Waals surface area contributed by atoms with E-state index in [1.165, 1.54) is 25.7 Å². The maximum atomic E-state index is 11.6. The van der Waals surface area contributed by atoms with Gasteiger partial charge in [-0.15, -0.1) is 24.0 Å². The highest BCUT2D eigenvalue weighted by Gasteiger charge is 2.37. The monoisotopic (exact) mass is 450 g/mol. The molecule has 2 rings (SSSR count). The van der Waals surface area contributed by atoms with Gasteiger partial charge >= 0.3 is 0 Å². The Labute approximate surface area is 164 Å². The Kier molecular flexibility index (Phi) is 9.37. The quantitative estimate of drug-likeness (QED) is 0.219. The molecular weight excluding hydrogens is 415 g/mol. The second-order valence-electron chi connectivity index (χ2n) is 7.64. The first-order chi connectivity index (χ1) is 11.0. The third-order valence-corrected chi connectivity index (χ3v) is 4.84. The highest BCUT2D eigenvalue weighted by atomic mass is 127. The lowest BCUT2D eigenvalue weighted by Gasteiger charge is -2.42. The van der Waals surface area contributed by atoms with Gasteiger partial charge in [0.05, 0.1) is 0 Å². The van der Waals surface area contributed by atoms with Crippen LogP contribution in [0.3, 0.4) is 0 Å². The zero-order valence-corrected chi connectivity index (χ0v) is 17.8. The molecule has 0 heterocycles. The molecule has 0 radical (unpaired) electrons. The Balaban J connectivity index is 0.00000288. The molecule has 0 atom stereocenters. The van der Waals surface area contributed by atoms with Crippen molar-refractivity contribution >= 4 is 35.8 Å². The standard InChI is InChI=1S/C18H34N4O.HI/c1-4-19-17(21-11-10-20-16(23)15-6-7-15)22-13-18(8-5-9-18)12-14(2)3;/h14-15H,4-13H2,1-3H3,(H,20,23)(H2,19,21,22);1H. The highest BCUT2D eigenvalue weighted by Crippen LogP contribution is 2.46. The molecule has 0 saturated heterocycles. The highest BCUT2D eigenvalue weighted by molar-refractivity contribution is 14.0. The van der Waals surface area contributed by atoms with E-state index in [2.05, 4.69) is 36.7 Å². The molecule has 2 aliphatic rings. The average molecular weight is 450 g/mol. The summed E-state index contributed by atoms with van der Waals surface area (Å²) in [4.78, 5) is 16.4. The number of amides is 1. The van der Waals surface area contributed by atoms with Crippen molar-refractivity contribution in [3.05, 3.63) is 0 Å². The summed E-state index contributed by atoms with van der Waals surface area (Å²) in [6.07, 6.45) is 7.35. The molecule has 6 heteroatoms. The second-order valence-corrected chi connectivity index (χ2v) is 7.64. The number of rotatable bonds is 9. The van der Waals surface area contributed by atoms with Crippen molar-refractivity contribution in [1.82, 2.24) is 16.0 Å². The molecule has 3 N–H and O–H groups in total. The van der Waals surface area contributed by atoms with E-state index < -0.39 is 0 Å². The molecule has 1 amide bonds. The maximum Gasteiger partial charge on any atom is 0.223 e. The first-order valence-corrected chi connectivity index (χ1v) is 9.34. The largest absolute Gasteiger partial charge is 0.357 e. The van der Waals surface area contributed by atoms with Crippen LogP contribution in [0, 0.1) is 17.3 Å². The van der Waals surface area contributed by atoms with Crippen LogP contribution < -0.4 is 16.0 Å². The molecule has 0 unspecified atom stereocenters. The van der Waals surface area contributed by atoms with Crippen LogP contribution in [0.15, 0.2) is 4.99 Å². The van der Waals surface area contributed by atoms with Gasteiger partial charge < -0.3 is 16.0 Å². The second kappa shape index (κ2) is 10.5. The van der Waals surface area contributed by atoms with E-state index >= 15 is 0 Å². The van der Waals surface area contributed by atoms with Crippen molar-refractivity contribution in [2.24, 2.45) is 22.2 Å². The minimum atomic E-state index is 0. The van der Waals surface area contributed by atoms with E-state index in [-0.39, 0.29) is 35.8 Å². The van der Waals surface area contributed by atoms with Crippen LogP contribution in [-0.2, 0) is 4.79 Å². The number of aliphatic imine (C=N–C) groups is 1. The summed E-state index contributed by atoms with van der Waals surface area (Å²) in [6, 6.07) is 0. The number of carbonyl (C=O) groups is 1. The Morgan fingerprint density at radius 1 is 1.17 bits per heavy atom. The van der Waals surface area contributed by atoms with Gasteiger partial charge in [0.15, 0.2) is 5.96 Å². The fraction of sp³-hybridized carbons (Fsp3) is 0.889. The van der Waals surface area contributed by atoms with Crippen LogP contribution in [0.25, 0.3) is 0 Å². The Morgan fingerprint density at radius 2 is 1.83 bits per heavy atom. The first-order valence-electron chi connectivity index (χ1n) is 9.34. The van der Waals surface area contributed by atoms with Gasteiger partial charge in [-0.2, -0.15) is 0 Å². The minimum Gasteiger partial charge on any atom is -0.357 e. The first kappa shape index (κ1) is 21.5. The van der Waals surface area contributed by atoms with Gasteiger partial charge in [0.1, 0.15) is 0 Å². The van der Waals surface area contributed by atoms with Crippen LogP contribution in [0.1, 0.15) is 59.3 Å². The third kappa shape index (κ3) is 7.15. The predicted molar refractivity (Wildman–Crippen MR) is 111 cm³/mol. The molecule has 0 bridgehead atoms. The molecule has 140 valence electrons. The SMILES string of the molecule is CCNC(=NCC1(CC(C)C)CCC1)NCCNC(=O)C1CC1.I. The molecule has 0 aromatic rings. The third-order valence-electron chi connectivity index (χ3n) is 4.84. The summed E-state index contributed by atoms with van der Waals surface area (Å²) < 4.78 is 0. The normalized spacial score (nSPS) is 19.2. The van der Waals surface area contributed by atoms with Gasteiger partial charge in [0.25, 0.3) is 0 Å². The van der Waals surface area contributed by atoms with E-state index in [0.29, 0.717) is 12.0 Å². The van der Waals surface area contributed by atoms with Gasteiger partial charge in [0.2, 0.25) is 5.91 Å². The van der Waals surface area contributed by atoms with Crippen LogP contribution in [-0.4, -0.2) is 38.0 Å². The summed E-state index contributed by atoms with van der Waals surface area (Å²) >= 11 is 0. The van der Waals surface area contributed by atoms with Crippen molar-refractivity contribution in [2.75, 3.05) is 26.2 Å². The zero-order valence-electron chi connectivity index (χ0n) is 15.5. The van der Waals surface area contributed by atoms with Gasteiger partial charge in [-0.05, 0) is 50.4 Å². The molecule has 24 heavy (non-hydrogen) atoms. The Bertz CT molecular complexity index is 417. The molecule has 0 aliphatic heterocycles. The molecular formula is C18H35IN4O. The van der Waals surface area contributed by atoms with E-state index in [0.717, 1.165) is 44.4 Å². The average Bonchev–Trinajstić information content (AvgIpc) is 3.29. The lowest BCUT2D eigenvalue weighted by atomic mass is 9.64. The molecule has 5 nitrogen and oxygen atoms in total. The number of hydrogen-bond acceptors (Lipinski definition) is 2. The van der Waals surface area contributed by atoms with Gasteiger partial charge in [-0.25, -0.2) is 0 Å². The van der Waals surface area contributed by atoms with Crippen molar-refractivity contribution < 1.29 is 4.79 Å². The van der Waals surface area contributed by atoms with E-state index in [1.807, 2.05) is 0 Å². The van der Waals surface area contributed by atoms with Gasteiger partial charge in [-0.1, -0.05) is 20.3 Å². The van der Waals surface area contributed by atoms with Crippen LogP contribution >= 0.6 is 24.0 Å². The zero-order chi connectivity index (χ0) is 16.7. The van der Waals surface area contributed by atoms with Crippen LogP contribution in [0.5, 0.6) is 0 Å². The lowest BCUT2D eigenvalue weighted by Crippen LogP contribution is -2.43. The van der Waals surface area contributed by atoms with Crippen molar-refractivity contribution in [2.45, 2.75) is 59.3 Å². The summed E-state index contributed by atoms with van der Waals surface area (Å²) in [5.74, 6) is 2.10. The van der Waals surface area contributed by atoms with Crippen LogP contribution in [0.4, 0.5) is 0 Å². The number of halogens is 1. The van der Waals surface area contributed by atoms with Crippen molar-refractivity contribution in [3.8, 4) is 0 Å². The molecule has 0 aromatic heterocycles. The maximum absolute atomic E-state index is 11.6. The topological polar surface area (TPSA) is 65.5 Å². The van der Waals surface area contributed by atoms with Crippen molar-refractivity contribution in [3.63, 3.8) is 0 Å². The lowest BCUT2D eigenvalue weighted by molar-refractivity contribution is -0.122. The molecule has 2 saturated carbocycles. The Morgan fingerprint density at radius 3 is 2.33 bits per heavy atom. The summed E-state index contributed by atoms with van der Waals surface area (Å²) in [5, 5.41) is 9.62.